The Bertz CT molecular complexity index is 612. The zero-order chi connectivity index (χ0) is 15.2. The summed E-state index contributed by atoms with van der Waals surface area (Å²) in [6.07, 6.45) is 0.267. The lowest BCUT2D eigenvalue weighted by Gasteiger charge is -2.11. The third kappa shape index (κ3) is 4.35. The second-order valence-corrected chi connectivity index (χ2v) is 5.13. The minimum absolute atomic E-state index is 0.242. The van der Waals surface area contributed by atoms with Gasteiger partial charge in [0.05, 0.1) is 13.5 Å². The molecule has 0 N–H and O–H groups in total. The van der Waals surface area contributed by atoms with E-state index in [1.165, 1.54) is 18.2 Å². The SMILES string of the molecule is COC(=O)Cc1ccccc1COc1cc(C)cc(C)c1. The summed E-state index contributed by atoms with van der Waals surface area (Å²) in [4.78, 5) is 11.4. The first-order valence-corrected chi connectivity index (χ1v) is 6.93. The van der Waals surface area contributed by atoms with Crippen molar-refractivity contribution >= 4 is 5.97 Å². The molecule has 0 fully saturated rings. The Kier molecular flexibility index (Phi) is 4.99. The molecule has 0 bridgehead atoms. The van der Waals surface area contributed by atoms with Gasteiger partial charge in [0, 0.05) is 0 Å². The van der Waals surface area contributed by atoms with E-state index in [0.717, 1.165) is 16.9 Å². The van der Waals surface area contributed by atoms with Crippen molar-refractivity contribution in [1.29, 1.82) is 0 Å². The number of esters is 1. The van der Waals surface area contributed by atoms with Crippen molar-refractivity contribution in [2.45, 2.75) is 26.9 Å². The van der Waals surface area contributed by atoms with Gasteiger partial charge in [0.15, 0.2) is 0 Å². The van der Waals surface area contributed by atoms with Crippen molar-refractivity contribution in [3.8, 4) is 5.75 Å². The van der Waals surface area contributed by atoms with E-state index in [0.29, 0.717) is 6.61 Å². The number of aryl methyl sites for hydroxylation is 2. The van der Waals surface area contributed by atoms with E-state index in [4.69, 9.17) is 9.47 Å². The molecular weight excluding hydrogens is 264 g/mol. The topological polar surface area (TPSA) is 35.5 Å². The van der Waals surface area contributed by atoms with Crippen molar-refractivity contribution in [3.63, 3.8) is 0 Å². The van der Waals surface area contributed by atoms with Crippen LogP contribution in [-0.4, -0.2) is 13.1 Å². The molecule has 0 amide bonds. The monoisotopic (exact) mass is 284 g/mol. The van der Waals surface area contributed by atoms with Crippen LogP contribution in [0.15, 0.2) is 42.5 Å². The molecule has 2 rings (SSSR count). The summed E-state index contributed by atoms with van der Waals surface area (Å²) >= 11 is 0. The first-order valence-electron chi connectivity index (χ1n) is 6.93. The lowest BCUT2D eigenvalue weighted by Crippen LogP contribution is -2.08. The molecule has 3 heteroatoms. The first kappa shape index (κ1) is 15.1. The zero-order valence-corrected chi connectivity index (χ0v) is 12.7. The summed E-state index contributed by atoms with van der Waals surface area (Å²) in [7, 11) is 1.40. The highest BCUT2D eigenvalue weighted by molar-refractivity contribution is 5.72. The number of methoxy groups -OCH3 is 1. The Balaban J connectivity index is 2.10. The molecule has 3 nitrogen and oxygen atoms in total. The van der Waals surface area contributed by atoms with E-state index < -0.39 is 0 Å². The first-order chi connectivity index (χ1) is 10.1. The van der Waals surface area contributed by atoms with Crippen LogP contribution in [0.25, 0.3) is 0 Å². The third-order valence-corrected chi connectivity index (χ3v) is 3.27. The summed E-state index contributed by atoms with van der Waals surface area (Å²) in [5, 5.41) is 0. The van der Waals surface area contributed by atoms with Crippen LogP contribution in [0.3, 0.4) is 0 Å². The quantitative estimate of drug-likeness (QED) is 0.787. The van der Waals surface area contributed by atoms with Gasteiger partial charge in [0.25, 0.3) is 0 Å². The highest BCUT2D eigenvalue weighted by Crippen LogP contribution is 2.19. The van der Waals surface area contributed by atoms with Crippen molar-refractivity contribution in [3.05, 3.63) is 64.7 Å². The number of ether oxygens (including phenoxy) is 2. The van der Waals surface area contributed by atoms with Crippen LogP contribution in [0.4, 0.5) is 0 Å². The molecule has 0 heterocycles. The largest absolute Gasteiger partial charge is 0.489 e. The number of hydrogen-bond acceptors (Lipinski definition) is 3. The van der Waals surface area contributed by atoms with Gasteiger partial charge in [-0.2, -0.15) is 0 Å². The van der Waals surface area contributed by atoms with E-state index in [2.05, 4.69) is 6.07 Å². The molecule has 0 aliphatic rings. The molecule has 0 aliphatic carbocycles. The van der Waals surface area contributed by atoms with Crippen LogP contribution < -0.4 is 4.74 Å². The molecule has 0 saturated carbocycles. The Morgan fingerprint density at radius 3 is 2.24 bits per heavy atom. The maximum Gasteiger partial charge on any atom is 0.309 e. The lowest BCUT2D eigenvalue weighted by atomic mass is 10.1. The number of carbonyl (C=O) groups is 1. The summed E-state index contributed by atoms with van der Waals surface area (Å²) in [5.74, 6) is 0.606. The standard InChI is InChI=1S/C18H20O3/c1-13-8-14(2)10-17(9-13)21-12-16-7-5-4-6-15(16)11-18(19)20-3/h4-10H,11-12H2,1-3H3. The van der Waals surface area contributed by atoms with Crippen LogP contribution in [0.2, 0.25) is 0 Å². The third-order valence-electron chi connectivity index (χ3n) is 3.27. The molecule has 110 valence electrons. The van der Waals surface area contributed by atoms with Crippen molar-refractivity contribution in [2.24, 2.45) is 0 Å². The lowest BCUT2D eigenvalue weighted by molar-refractivity contribution is -0.139. The fraction of sp³-hybridized carbons (Fsp3) is 0.278. The number of rotatable bonds is 5. The average molecular weight is 284 g/mol. The summed E-state index contributed by atoms with van der Waals surface area (Å²) in [6.45, 7) is 4.53. The van der Waals surface area contributed by atoms with Gasteiger partial charge in [0.1, 0.15) is 12.4 Å². The zero-order valence-electron chi connectivity index (χ0n) is 12.7. The molecule has 0 atom stereocenters. The number of hydrogen-bond donors (Lipinski definition) is 0. The summed E-state index contributed by atoms with van der Waals surface area (Å²) < 4.78 is 10.6. The van der Waals surface area contributed by atoms with Crippen LogP contribution >= 0.6 is 0 Å². The van der Waals surface area contributed by atoms with E-state index in [1.54, 1.807) is 0 Å². The molecule has 0 aromatic heterocycles. The predicted molar refractivity (Wildman–Crippen MR) is 82.4 cm³/mol. The fourth-order valence-electron chi connectivity index (χ4n) is 2.28. The van der Waals surface area contributed by atoms with E-state index >= 15 is 0 Å². The second kappa shape index (κ2) is 6.93. The van der Waals surface area contributed by atoms with Gasteiger partial charge in [-0.05, 0) is 48.2 Å². The van der Waals surface area contributed by atoms with Crippen LogP contribution in [0, 0.1) is 13.8 Å². The molecule has 0 radical (unpaired) electrons. The Hall–Kier alpha value is -2.29. The molecule has 0 saturated heterocycles. The molecule has 0 aliphatic heterocycles. The van der Waals surface area contributed by atoms with E-state index in [-0.39, 0.29) is 12.4 Å². The minimum atomic E-state index is -0.242. The van der Waals surface area contributed by atoms with Crippen molar-refractivity contribution in [1.82, 2.24) is 0 Å². The van der Waals surface area contributed by atoms with Gasteiger partial charge in [-0.15, -0.1) is 0 Å². The Labute approximate surface area is 125 Å². The van der Waals surface area contributed by atoms with E-state index in [9.17, 15) is 4.79 Å². The van der Waals surface area contributed by atoms with Crippen LogP contribution in [0.5, 0.6) is 5.75 Å². The Morgan fingerprint density at radius 2 is 1.62 bits per heavy atom. The van der Waals surface area contributed by atoms with Crippen molar-refractivity contribution in [2.75, 3.05) is 7.11 Å². The van der Waals surface area contributed by atoms with Gasteiger partial charge in [-0.25, -0.2) is 0 Å². The molecule has 0 spiro atoms. The highest BCUT2D eigenvalue weighted by Gasteiger charge is 2.08. The predicted octanol–water partition coefficient (Wildman–Crippen LogP) is 3.60. The number of carbonyl (C=O) groups excluding carboxylic acids is 1. The van der Waals surface area contributed by atoms with Gasteiger partial charge in [0.2, 0.25) is 0 Å². The molecule has 2 aromatic carbocycles. The Morgan fingerprint density at radius 1 is 1.00 bits per heavy atom. The van der Waals surface area contributed by atoms with Gasteiger partial charge in [-0.1, -0.05) is 30.3 Å². The normalized spacial score (nSPS) is 10.2. The van der Waals surface area contributed by atoms with Gasteiger partial charge in [-0.3, -0.25) is 4.79 Å². The second-order valence-electron chi connectivity index (χ2n) is 5.13. The smallest absolute Gasteiger partial charge is 0.309 e. The van der Waals surface area contributed by atoms with Crippen LogP contribution in [-0.2, 0) is 22.6 Å². The molecule has 2 aromatic rings. The summed E-state index contributed by atoms with van der Waals surface area (Å²) in [6, 6.07) is 13.9. The maximum atomic E-state index is 11.4. The number of benzene rings is 2. The van der Waals surface area contributed by atoms with E-state index in [1.807, 2.05) is 50.2 Å². The average Bonchev–Trinajstić information content (AvgIpc) is 2.45. The highest BCUT2D eigenvalue weighted by atomic mass is 16.5. The minimum Gasteiger partial charge on any atom is -0.489 e. The molecule has 0 unspecified atom stereocenters. The van der Waals surface area contributed by atoms with Gasteiger partial charge < -0.3 is 9.47 Å². The summed E-state index contributed by atoms with van der Waals surface area (Å²) in [5.41, 5.74) is 4.29. The van der Waals surface area contributed by atoms with Crippen molar-refractivity contribution < 1.29 is 14.3 Å². The van der Waals surface area contributed by atoms with Gasteiger partial charge >= 0.3 is 5.97 Å². The fourth-order valence-corrected chi connectivity index (χ4v) is 2.28. The van der Waals surface area contributed by atoms with Crippen LogP contribution in [0.1, 0.15) is 22.3 Å². The maximum absolute atomic E-state index is 11.4. The molecule has 21 heavy (non-hydrogen) atoms. The molecular formula is C18H20O3.